The highest BCUT2D eigenvalue weighted by Crippen LogP contribution is 2.32. The Hall–Kier alpha value is -3.12. The van der Waals surface area contributed by atoms with Crippen molar-refractivity contribution in [2.45, 2.75) is 19.5 Å². The van der Waals surface area contributed by atoms with Crippen LogP contribution in [0.1, 0.15) is 24.1 Å². The van der Waals surface area contributed by atoms with E-state index in [0.29, 0.717) is 24.4 Å². The molecule has 2 aromatic carbocycles. The standard InChI is InChI=1S/C22H24N2O4/c1-16-19(21(25)28-14-13-27-2)20(18-11-7-4-8-12-18)23-22(26)24(16)15-17-9-5-3-6-10-17/h3-12,20H,13-15H2,1-2H3,(H,23,26)/t20-/m0/s1. The predicted molar refractivity (Wildman–Crippen MR) is 105 cm³/mol. The number of allylic oxidation sites excluding steroid dienone is 1. The fourth-order valence-corrected chi connectivity index (χ4v) is 3.19. The number of esters is 1. The number of carbonyl (C=O) groups excluding carboxylic acids is 2. The van der Waals surface area contributed by atoms with Crippen molar-refractivity contribution in [3.05, 3.63) is 83.1 Å². The Labute approximate surface area is 164 Å². The first-order chi connectivity index (χ1) is 13.6. The van der Waals surface area contributed by atoms with Crippen molar-refractivity contribution < 1.29 is 19.1 Å². The normalized spacial score (nSPS) is 16.7. The number of carbonyl (C=O) groups is 2. The lowest BCUT2D eigenvalue weighted by molar-refractivity contribution is -0.140. The molecule has 0 saturated carbocycles. The van der Waals surface area contributed by atoms with Gasteiger partial charge in [-0.25, -0.2) is 9.59 Å². The summed E-state index contributed by atoms with van der Waals surface area (Å²) in [6.07, 6.45) is 0. The first-order valence-electron chi connectivity index (χ1n) is 9.15. The molecule has 0 radical (unpaired) electrons. The van der Waals surface area contributed by atoms with Crippen molar-refractivity contribution >= 4 is 12.0 Å². The second kappa shape index (κ2) is 9.19. The largest absolute Gasteiger partial charge is 0.460 e. The number of nitrogens with zero attached hydrogens (tertiary/aromatic N) is 1. The number of rotatable bonds is 7. The van der Waals surface area contributed by atoms with E-state index in [0.717, 1.165) is 11.1 Å². The zero-order valence-corrected chi connectivity index (χ0v) is 16.1. The number of urea groups is 1. The number of hydrogen-bond donors (Lipinski definition) is 1. The number of amides is 2. The zero-order valence-electron chi connectivity index (χ0n) is 16.1. The summed E-state index contributed by atoms with van der Waals surface area (Å²) in [4.78, 5) is 27.3. The fourth-order valence-electron chi connectivity index (χ4n) is 3.19. The summed E-state index contributed by atoms with van der Waals surface area (Å²) in [6.45, 7) is 2.62. The minimum absolute atomic E-state index is 0.153. The summed E-state index contributed by atoms with van der Waals surface area (Å²) in [6, 6.07) is 18.3. The summed E-state index contributed by atoms with van der Waals surface area (Å²) < 4.78 is 10.3. The minimum atomic E-state index is -0.559. The van der Waals surface area contributed by atoms with Gasteiger partial charge in [0, 0.05) is 12.8 Å². The molecule has 6 heteroatoms. The monoisotopic (exact) mass is 380 g/mol. The lowest BCUT2D eigenvalue weighted by Crippen LogP contribution is -2.47. The van der Waals surface area contributed by atoms with Crippen LogP contribution in [0.5, 0.6) is 0 Å². The molecule has 28 heavy (non-hydrogen) atoms. The SMILES string of the molecule is COCCOC(=O)C1=C(C)N(Cc2ccccc2)C(=O)N[C@H]1c1ccccc1. The third-order valence-corrected chi connectivity index (χ3v) is 4.65. The van der Waals surface area contributed by atoms with Gasteiger partial charge in [-0.1, -0.05) is 60.7 Å². The molecule has 1 heterocycles. The van der Waals surface area contributed by atoms with E-state index in [9.17, 15) is 9.59 Å². The van der Waals surface area contributed by atoms with Crippen LogP contribution in [-0.4, -0.2) is 37.2 Å². The smallest absolute Gasteiger partial charge is 0.338 e. The van der Waals surface area contributed by atoms with Crippen molar-refractivity contribution in [1.82, 2.24) is 10.2 Å². The Morgan fingerprint density at radius 3 is 2.32 bits per heavy atom. The highest BCUT2D eigenvalue weighted by atomic mass is 16.6. The topological polar surface area (TPSA) is 67.9 Å². The van der Waals surface area contributed by atoms with Gasteiger partial charge in [-0.05, 0) is 18.1 Å². The van der Waals surface area contributed by atoms with Gasteiger partial charge in [0.05, 0.1) is 24.8 Å². The lowest BCUT2D eigenvalue weighted by atomic mass is 9.94. The van der Waals surface area contributed by atoms with Gasteiger partial charge >= 0.3 is 12.0 Å². The number of methoxy groups -OCH3 is 1. The van der Waals surface area contributed by atoms with E-state index < -0.39 is 12.0 Å². The Morgan fingerprint density at radius 1 is 1.04 bits per heavy atom. The summed E-state index contributed by atoms with van der Waals surface area (Å²) in [5.74, 6) is -0.457. The number of benzene rings is 2. The molecular formula is C22H24N2O4. The first kappa shape index (κ1) is 19.6. The molecule has 1 N–H and O–H groups in total. The molecule has 1 aliphatic rings. The van der Waals surface area contributed by atoms with Crippen molar-refractivity contribution in [2.75, 3.05) is 20.3 Å². The maximum atomic E-state index is 12.9. The van der Waals surface area contributed by atoms with E-state index in [1.165, 1.54) is 0 Å². The van der Waals surface area contributed by atoms with E-state index in [1.807, 2.05) is 60.7 Å². The Bertz CT molecular complexity index is 849. The maximum Gasteiger partial charge on any atom is 0.338 e. The van der Waals surface area contributed by atoms with Crippen LogP contribution in [0.15, 0.2) is 71.9 Å². The van der Waals surface area contributed by atoms with Crippen LogP contribution in [0.2, 0.25) is 0 Å². The third kappa shape index (κ3) is 4.40. The van der Waals surface area contributed by atoms with Gasteiger partial charge in [-0.15, -0.1) is 0 Å². The molecule has 2 aromatic rings. The van der Waals surface area contributed by atoms with Gasteiger partial charge < -0.3 is 14.8 Å². The average Bonchev–Trinajstić information content (AvgIpc) is 2.72. The van der Waals surface area contributed by atoms with Crippen LogP contribution < -0.4 is 5.32 Å². The maximum absolute atomic E-state index is 12.9. The molecule has 0 aromatic heterocycles. The quantitative estimate of drug-likeness (QED) is 0.590. The van der Waals surface area contributed by atoms with E-state index in [2.05, 4.69) is 5.32 Å². The van der Waals surface area contributed by atoms with Gasteiger partial charge in [0.1, 0.15) is 6.61 Å². The highest BCUT2D eigenvalue weighted by molar-refractivity contribution is 5.95. The van der Waals surface area contributed by atoms with Crippen LogP contribution in [0.25, 0.3) is 0 Å². The molecule has 3 rings (SSSR count). The molecule has 1 aliphatic heterocycles. The van der Waals surface area contributed by atoms with Gasteiger partial charge in [0.15, 0.2) is 0 Å². The van der Waals surface area contributed by atoms with Crippen molar-refractivity contribution in [3.8, 4) is 0 Å². The molecule has 0 fully saturated rings. The molecule has 6 nitrogen and oxygen atoms in total. The van der Waals surface area contributed by atoms with Crippen LogP contribution in [0, 0.1) is 0 Å². The first-order valence-corrected chi connectivity index (χ1v) is 9.15. The molecular weight excluding hydrogens is 356 g/mol. The Kier molecular flexibility index (Phi) is 6.45. The molecule has 1 atom stereocenters. The van der Waals surface area contributed by atoms with Crippen LogP contribution in [0.4, 0.5) is 4.79 Å². The summed E-state index contributed by atoms with van der Waals surface area (Å²) in [5.41, 5.74) is 2.82. The van der Waals surface area contributed by atoms with Crippen molar-refractivity contribution in [1.29, 1.82) is 0 Å². The fraction of sp³-hybridized carbons (Fsp3) is 0.273. The number of hydrogen-bond acceptors (Lipinski definition) is 4. The van der Waals surface area contributed by atoms with Crippen LogP contribution in [0.3, 0.4) is 0 Å². The molecule has 2 amide bonds. The Balaban J connectivity index is 1.96. The van der Waals surface area contributed by atoms with E-state index >= 15 is 0 Å². The predicted octanol–water partition coefficient (Wildman–Crippen LogP) is 3.42. The molecule has 0 bridgehead atoms. The van der Waals surface area contributed by atoms with Crippen LogP contribution >= 0.6 is 0 Å². The van der Waals surface area contributed by atoms with Gasteiger partial charge in [-0.2, -0.15) is 0 Å². The van der Waals surface area contributed by atoms with E-state index in [1.54, 1.807) is 18.9 Å². The minimum Gasteiger partial charge on any atom is -0.460 e. The highest BCUT2D eigenvalue weighted by Gasteiger charge is 2.36. The van der Waals surface area contributed by atoms with Crippen molar-refractivity contribution in [3.63, 3.8) is 0 Å². The summed E-state index contributed by atoms with van der Waals surface area (Å²) >= 11 is 0. The van der Waals surface area contributed by atoms with Gasteiger partial charge in [0.25, 0.3) is 0 Å². The molecule has 0 spiro atoms. The molecule has 0 saturated heterocycles. The molecule has 0 unspecified atom stereocenters. The third-order valence-electron chi connectivity index (χ3n) is 4.65. The van der Waals surface area contributed by atoms with Gasteiger partial charge in [-0.3, -0.25) is 4.90 Å². The molecule has 146 valence electrons. The number of ether oxygens (including phenoxy) is 2. The summed E-state index contributed by atoms with van der Waals surface area (Å²) in [7, 11) is 1.55. The molecule has 0 aliphatic carbocycles. The second-order valence-electron chi connectivity index (χ2n) is 6.49. The Morgan fingerprint density at radius 2 is 1.68 bits per heavy atom. The van der Waals surface area contributed by atoms with Gasteiger partial charge in [0.2, 0.25) is 0 Å². The average molecular weight is 380 g/mol. The zero-order chi connectivity index (χ0) is 19.9. The number of nitrogens with one attached hydrogen (secondary N) is 1. The van der Waals surface area contributed by atoms with E-state index in [-0.39, 0.29) is 12.6 Å². The lowest BCUT2D eigenvalue weighted by Gasteiger charge is -2.35. The van der Waals surface area contributed by atoms with Crippen molar-refractivity contribution in [2.24, 2.45) is 0 Å². The van der Waals surface area contributed by atoms with Crippen LogP contribution in [-0.2, 0) is 20.8 Å². The van der Waals surface area contributed by atoms with E-state index in [4.69, 9.17) is 9.47 Å². The second-order valence-corrected chi connectivity index (χ2v) is 6.49. The summed E-state index contributed by atoms with van der Waals surface area (Å²) in [5, 5.41) is 2.95.